The lowest BCUT2D eigenvalue weighted by Crippen LogP contribution is -2.08. The molecule has 0 bridgehead atoms. The summed E-state index contributed by atoms with van der Waals surface area (Å²) in [7, 11) is 0. The molecule has 0 heterocycles. The Bertz CT molecular complexity index is 194. The molecule has 0 radical (unpaired) electrons. The Balaban J connectivity index is 0. The highest BCUT2D eigenvalue weighted by molar-refractivity contribution is 5.79. The second-order valence-electron chi connectivity index (χ2n) is 5.23. The third kappa shape index (κ3) is 15.4. The van der Waals surface area contributed by atoms with Crippen LogP contribution in [0.4, 0.5) is 0 Å². The maximum atomic E-state index is 4.05. The van der Waals surface area contributed by atoms with E-state index in [1.165, 1.54) is 25.7 Å². The molecule has 0 aromatic rings. The van der Waals surface area contributed by atoms with E-state index in [1.807, 2.05) is 40.0 Å². The maximum Gasteiger partial charge on any atom is 0.0226 e. The minimum atomic E-state index is 1.02. The van der Waals surface area contributed by atoms with Crippen LogP contribution in [0.1, 0.15) is 80.6 Å². The molecule has 0 spiro atoms. The Morgan fingerprint density at radius 2 is 1.39 bits per heavy atom. The molecule has 0 aliphatic heterocycles. The molecular weight excluding hydrogens is 218 g/mol. The molecule has 0 aromatic heterocycles. The molecule has 1 rings (SSSR count). The van der Waals surface area contributed by atoms with Gasteiger partial charge >= 0.3 is 0 Å². The standard InChI is InChI=1S/C8H16.C7H13N.C2H6/c1-7-3-5-8(2)6-4-7;1-4-5-6-8-7(2)3;1-2/h7-8H,3-6H2,1-2H3;5-6H,4H2,1-3H3;1-2H3/b;6-5-;. The first-order chi connectivity index (χ1) is 8.56. The van der Waals surface area contributed by atoms with Crippen LogP contribution in [0.5, 0.6) is 0 Å². The molecular formula is C17H35N. The number of rotatable bonds is 2. The van der Waals surface area contributed by atoms with E-state index in [0.717, 1.165) is 24.0 Å². The fourth-order valence-corrected chi connectivity index (χ4v) is 1.73. The SMILES string of the molecule is CC.CC/C=C\N=C(C)C.CC1CCC(C)CC1. The molecule has 0 atom stereocenters. The lowest BCUT2D eigenvalue weighted by molar-refractivity contribution is 0.308. The highest BCUT2D eigenvalue weighted by Gasteiger charge is 2.13. The Morgan fingerprint density at radius 3 is 1.67 bits per heavy atom. The second kappa shape index (κ2) is 14.5. The molecule has 1 saturated carbocycles. The summed E-state index contributed by atoms with van der Waals surface area (Å²) in [4.78, 5) is 4.05. The molecule has 0 aromatic carbocycles. The van der Waals surface area contributed by atoms with Crippen molar-refractivity contribution in [3.8, 4) is 0 Å². The van der Waals surface area contributed by atoms with Crippen molar-refractivity contribution in [1.82, 2.24) is 0 Å². The lowest BCUT2D eigenvalue weighted by Gasteiger charge is -2.22. The zero-order valence-corrected chi connectivity index (χ0v) is 13.8. The topological polar surface area (TPSA) is 12.4 Å². The second-order valence-corrected chi connectivity index (χ2v) is 5.23. The average molecular weight is 253 g/mol. The predicted molar refractivity (Wildman–Crippen MR) is 86.4 cm³/mol. The van der Waals surface area contributed by atoms with Crippen LogP contribution in [0.15, 0.2) is 17.3 Å². The van der Waals surface area contributed by atoms with Crippen LogP contribution in [-0.2, 0) is 0 Å². The fourth-order valence-electron chi connectivity index (χ4n) is 1.73. The van der Waals surface area contributed by atoms with Gasteiger partial charge in [0, 0.05) is 11.9 Å². The van der Waals surface area contributed by atoms with E-state index in [9.17, 15) is 0 Å². The number of hydrogen-bond acceptors (Lipinski definition) is 1. The van der Waals surface area contributed by atoms with Crippen molar-refractivity contribution in [2.24, 2.45) is 16.8 Å². The van der Waals surface area contributed by atoms with Gasteiger partial charge in [-0.25, -0.2) is 0 Å². The third-order valence-electron chi connectivity index (χ3n) is 2.98. The van der Waals surface area contributed by atoms with E-state index in [4.69, 9.17) is 0 Å². The highest BCUT2D eigenvalue weighted by Crippen LogP contribution is 2.27. The van der Waals surface area contributed by atoms with Crippen molar-refractivity contribution in [2.75, 3.05) is 0 Å². The summed E-state index contributed by atoms with van der Waals surface area (Å²) in [5.74, 6) is 2.04. The number of aliphatic imine (C=N–C) groups is 1. The fraction of sp³-hybridized carbons (Fsp3) is 0.824. The smallest absolute Gasteiger partial charge is 0.0226 e. The summed E-state index contributed by atoms with van der Waals surface area (Å²) in [6, 6.07) is 0. The number of allylic oxidation sites excluding steroid dienone is 1. The van der Waals surface area contributed by atoms with E-state index in [-0.39, 0.29) is 0 Å². The Labute approximate surface area is 116 Å². The van der Waals surface area contributed by atoms with Crippen LogP contribution in [0.2, 0.25) is 0 Å². The van der Waals surface area contributed by atoms with E-state index in [0.29, 0.717) is 0 Å². The van der Waals surface area contributed by atoms with Gasteiger partial charge < -0.3 is 0 Å². The van der Waals surface area contributed by atoms with Crippen molar-refractivity contribution in [2.45, 2.75) is 80.6 Å². The van der Waals surface area contributed by atoms with Crippen molar-refractivity contribution < 1.29 is 0 Å². The van der Waals surface area contributed by atoms with Gasteiger partial charge in [-0.2, -0.15) is 0 Å². The minimum Gasteiger partial charge on any atom is -0.267 e. The van der Waals surface area contributed by atoms with Gasteiger partial charge in [-0.05, 0) is 32.1 Å². The van der Waals surface area contributed by atoms with Crippen LogP contribution in [0.3, 0.4) is 0 Å². The number of nitrogens with zero attached hydrogens (tertiary/aromatic N) is 1. The highest BCUT2D eigenvalue weighted by atomic mass is 14.7. The zero-order valence-electron chi connectivity index (χ0n) is 13.8. The van der Waals surface area contributed by atoms with Gasteiger partial charge in [0.15, 0.2) is 0 Å². The first-order valence-electron chi connectivity index (χ1n) is 7.72. The molecule has 0 unspecified atom stereocenters. The summed E-state index contributed by atoms with van der Waals surface area (Å²) in [6.45, 7) is 14.8. The van der Waals surface area contributed by atoms with Gasteiger partial charge in [-0.1, -0.05) is 66.4 Å². The lowest BCUT2D eigenvalue weighted by atomic mass is 9.84. The summed E-state index contributed by atoms with van der Waals surface area (Å²) in [6.07, 6.45) is 10.8. The van der Waals surface area contributed by atoms with Crippen LogP contribution in [0, 0.1) is 11.8 Å². The molecule has 1 aliphatic carbocycles. The maximum absolute atomic E-state index is 4.05. The molecule has 0 amide bonds. The normalized spacial score (nSPS) is 22.4. The van der Waals surface area contributed by atoms with Crippen LogP contribution in [-0.4, -0.2) is 5.71 Å². The Hall–Kier alpha value is -0.590. The van der Waals surface area contributed by atoms with Crippen LogP contribution < -0.4 is 0 Å². The van der Waals surface area contributed by atoms with E-state index in [2.05, 4.69) is 25.8 Å². The monoisotopic (exact) mass is 253 g/mol. The van der Waals surface area contributed by atoms with E-state index >= 15 is 0 Å². The molecule has 0 N–H and O–H groups in total. The first kappa shape index (κ1) is 19.7. The van der Waals surface area contributed by atoms with Crippen molar-refractivity contribution in [3.63, 3.8) is 0 Å². The van der Waals surface area contributed by atoms with E-state index in [1.54, 1.807) is 0 Å². The third-order valence-corrected chi connectivity index (χ3v) is 2.98. The van der Waals surface area contributed by atoms with Gasteiger partial charge in [0.05, 0.1) is 0 Å². The molecule has 108 valence electrons. The van der Waals surface area contributed by atoms with Crippen LogP contribution >= 0.6 is 0 Å². The molecule has 1 heteroatoms. The van der Waals surface area contributed by atoms with Crippen LogP contribution in [0.25, 0.3) is 0 Å². The summed E-state index contributed by atoms with van der Waals surface area (Å²) < 4.78 is 0. The molecule has 18 heavy (non-hydrogen) atoms. The molecule has 0 saturated heterocycles. The molecule has 1 aliphatic rings. The van der Waals surface area contributed by atoms with Gasteiger partial charge in [-0.15, -0.1) is 0 Å². The van der Waals surface area contributed by atoms with Crippen molar-refractivity contribution in [3.05, 3.63) is 12.3 Å². The molecule has 1 nitrogen and oxygen atoms in total. The van der Waals surface area contributed by atoms with Crippen molar-refractivity contribution >= 4 is 5.71 Å². The molecule has 1 fully saturated rings. The van der Waals surface area contributed by atoms with Gasteiger partial charge in [-0.3, -0.25) is 4.99 Å². The van der Waals surface area contributed by atoms with E-state index < -0.39 is 0 Å². The van der Waals surface area contributed by atoms with Gasteiger partial charge in [0.2, 0.25) is 0 Å². The van der Waals surface area contributed by atoms with Gasteiger partial charge in [0.1, 0.15) is 0 Å². The average Bonchev–Trinajstić information content (AvgIpc) is 2.36. The largest absolute Gasteiger partial charge is 0.267 e. The van der Waals surface area contributed by atoms with Gasteiger partial charge in [0.25, 0.3) is 0 Å². The zero-order chi connectivity index (χ0) is 14.4. The number of hydrogen-bond donors (Lipinski definition) is 0. The van der Waals surface area contributed by atoms with Crippen molar-refractivity contribution in [1.29, 1.82) is 0 Å². The predicted octanol–water partition coefficient (Wildman–Crippen LogP) is 6.25. The minimum absolute atomic E-state index is 1.02. The quantitative estimate of drug-likeness (QED) is 0.516. The summed E-state index contributed by atoms with van der Waals surface area (Å²) in [5, 5.41) is 0. The summed E-state index contributed by atoms with van der Waals surface area (Å²) >= 11 is 0. The Morgan fingerprint density at radius 1 is 1.00 bits per heavy atom. The first-order valence-corrected chi connectivity index (χ1v) is 7.72. The summed E-state index contributed by atoms with van der Waals surface area (Å²) in [5.41, 5.74) is 1.11. The Kier molecular flexibility index (Phi) is 15.9.